The number of nitrogens with one attached hydrogen (secondary N) is 2. The number of sulfonamides is 1. The van der Waals surface area contributed by atoms with Gasteiger partial charge in [-0.05, 0) is 13.8 Å². The normalized spacial score (nSPS) is 12.8. The Labute approximate surface area is 119 Å². The second kappa shape index (κ2) is 6.72. The number of carbonyl (C=O) groups is 2. The van der Waals surface area contributed by atoms with E-state index in [4.69, 9.17) is 0 Å². The van der Waals surface area contributed by atoms with E-state index >= 15 is 0 Å². The third-order valence-electron chi connectivity index (χ3n) is 1.89. The van der Waals surface area contributed by atoms with Crippen LogP contribution in [0.2, 0.25) is 0 Å². The molecule has 0 bridgehead atoms. The lowest BCUT2D eigenvalue weighted by Crippen LogP contribution is -2.39. The van der Waals surface area contributed by atoms with E-state index in [1.165, 1.54) is 13.8 Å². The molecule has 2 N–H and O–H groups in total. The highest BCUT2D eigenvalue weighted by Gasteiger charge is 2.26. The average molecular weight is 322 g/mol. The molecule has 9 nitrogen and oxygen atoms in total. The third kappa shape index (κ3) is 4.51. The van der Waals surface area contributed by atoms with Gasteiger partial charge in [0.25, 0.3) is 10.0 Å². The molecule has 0 saturated heterocycles. The van der Waals surface area contributed by atoms with E-state index in [-0.39, 0.29) is 16.1 Å². The zero-order valence-electron chi connectivity index (χ0n) is 11.0. The van der Waals surface area contributed by atoms with Crippen molar-refractivity contribution in [1.29, 1.82) is 0 Å². The van der Waals surface area contributed by atoms with Gasteiger partial charge in [0.15, 0.2) is 0 Å². The lowest BCUT2D eigenvalue weighted by Gasteiger charge is -2.10. The van der Waals surface area contributed by atoms with Crippen molar-refractivity contribution >= 4 is 38.4 Å². The minimum Gasteiger partial charge on any atom is -0.465 e. The van der Waals surface area contributed by atoms with Crippen LogP contribution in [0.15, 0.2) is 4.34 Å². The second-order valence-electron chi connectivity index (χ2n) is 3.65. The van der Waals surface area contributed by atoms with Crippen LogP contribution in [0.25, 0.3) is 0 Å². The summed E-state index contributed by atoms with van der Waals surface area (Å²) in [5, 5.41) is 9.34. The highest BCUT2D eigenvalue weighted by atomic mass is 32.2. The molecule has 11 heteroatoms. The van der Waals surface area contributed by atoms with Crippen LogP contribution in [-0.4, -0.2) is 43.1 Å². The summed E-state index contributed by atoms with van der Waals surface area (Å²) >= 11 is 0.678. The Bertz CT molecular complexity index is 597. The van der Waals surface area contributed by atoms with Crippen LogP contribution >= 0.6 is 11.3 Å². The minimum atomic E-state index is -4.00. The first-order valence-electron chi connectivity index (χ1n) is 5.56. The van der Waals surface area contributed by atoms with Crippen molar-refractivity contribution in [3.8, 4) is 0 Å². The number of rotatable bonds is 6. The monoisotopic (exact) mass is 322 g/mol. The second-order valence-corrected chi connectivity index (χ2v) is 6.51. The van der Waals surface area contributed by atoms with Gasteiger partial charge in [-0.15, -0.1) is 10.2 Å². The molecular weight excluding hydrogens is 308 g/mol. The molecule has 1 rings (SSSR count). The van der Waals surface area contributed by atoms with Crippen LogP contribution < -0.4 is 10.0 Å². The molecule has 0 aliphatic carbocycles. The van der Waals surface area contributed by atoms with Crippen LogP contribution in [-0.2, 0) is 24.3 Å². The van der Waals surface area contributed by atoms with Crippen molar-refractivity contribution in [3.63, 3.8) is 0 Å². The lowest BCUT2D eigenvalue weighted by molar-refractivity contribution is -0.144. The van der Waals surface area contributed by atoms with Gasteiger partial charge in [-0.3, -0.25) is 9.59 Å². The van der Waals surface area contributed by atoms with Gasteiger partial charge in [-0.25, -0.2) is 8.42 Å². The zero-order chi connectivity index (χ0) is 15.3. The first-order chi connectivity index (χ1) is 9.26. The van der Waals surface area contributed by atoms with E-state index in [1.807, 2.05) is 0 Å². The van der Waals surface area contributed by atoms with E-state index in [9.17, 15) is 18.0 Å². The maximum absolute atomic E-state index is 11.9. The fraction of sp³-hybridized carbons (Fsp3) is 0.556. The number of aromatic nitrogens is 2. The molecule has 1 amide bonds. The number of anilines is 1. The van der Waals surface area contributed by atoms with Crippen molar-refractivity contribution in [3.05, 3.63) is 0 Å². The van der Waals surface area contributed by atoms with Crippen molar-refractivity contribution in [2.45, 2.75) is 31.2 Å². The third-order valence-corrected chi connectivity index (χ3v) is 4.64. The number of nitrogens with zero attached hydrogens (tertiary/aromatic N) is 2. The fourth-order valence-electron chi connectivity index (χ4n) is 1.12. The van der Waals surface area contributed by atoms with Crippen molar-refractivity contribution in [2.24, 2.45) is 0 Å². The summed E-state index contributed by atoms with van der Waals surface area (Å²) in [6.45, 7) is 4.38. The van der Waals surface area contributed by atoms with E-state index in [1.54, 1.807) is 6.92 Å². The van der Waals surface area contributed by atoms with Crippen molar-refractivity contribution < 1.29 is 22.7 Å². The topological polar surface area (TPSA) is 127 Å². The number of amides is 1. The summed E-state index contributed by atoms with van der Waals surface area (Å²) in [6, 6.07) is -1.05. The molecule has 0 aromatic carbocycles. The van der Waals surface area contributed by atoms with Crippen molar-refractivity contribution in [1.82, 2.24) is 14.9 Å². The largest absolute Gasteiger partial charge is 0.465 e. The summed E-state index contributed by atoms with van der Waals surface area (Å²) in [5.41, 5.74) is 0. The molecule has 0 aliphatic heterocycles. The van der Waals surface area contributed by atoms with Gasteiger partial charge in [0.05, 0.1) is 6.61 Å². The Balaban J connectivity index is 2.81. The zero-order valence-corrected chi connectivity index (χ0v) is 12.7. The molecule has 20 heavy (non-hydrogen) atoms. The van der Waals surface area contributed by atoms with Crippen LogP contribution in [0.5, 0.6) is 0 Å². The molecule has 112 valence electrons. The molecule has 0 fully saturated rings. The Hall–Kier alpha value is -1.59. The van der Waals surface area contributed by atoms with Crippen LogP contribution in [0.4, 0.5) is 5.13 Å². The Morgan fingerprint density at radius 1 is 1.40 bits per heavy atom. The van der Waals surface area contributed by atoms with Gasteiger partial charge < -0.3 is 10.1 Å². The van der Waals surface area contributed by atoms with Gasteiger partial charge in [0.2, 0.25) is 15.4 Å². The highest BCUT2D eigenvalue weighted by Crippen LogP contribution is 2.19. The predicted molar refractivity (Wildman–Crippen MR) is 70.6 cm³/mol. The Morgan fingerprint density at radius 3 is 2.60 bits per heavy atom. The van der Waals surface area contributed by atoms with Gasteiger partial charge >= 0.3 is 5.97 Å². The summed E-state index contributed by atoms with van der Waals surface area (Å²) in [5.74, 6) is -1.08. The first-order valence-corrected chi connectivity index (χ1v) is 7.86. The summed E-state index contributed by atoms with van der Waals surface area (Å²) in [6.07, 6.45) is 0. The van der Waals surface area contributed by atoms with Gasteiger partial charge in [0.1, 0.15) is 6.04 Å². The smallest absolute Gasteiger partial charge is 0.323 e. The maximum Gasteiger partial charge on any atom is 0.323 e. The fourth-order valence-corrected chi connectivity index (χ4v) is 3.27. The van der Waals surface area contributed by atoms with Crippen LogP contribution in [0.3, 0.4) is 0 Å². The number of carbonyl (C=O) groups excluding carboxylic acids is 2. The van der Waals surface area contributed by atoms with E-state index in [0.717, 1.165) is 0 Å². The molecule has 0 spiro atoms. The SMILES string of the molecule is CCOC(=O)C(C)NS(=O)(=O)c1nnc(NC(C)=O)s1. The molecule has 1 aromatic heterocycles. The number of ether oxygens (including phenoxy) is 1. The van der Waals surface area contributed by atoms with E-state index in [0.29, 0.717) is 11.3 Å². The van der Waals surface area contributed by atoms with Crippen LogP contribution in [0.1, 0.15) is 20.8 Å². The number of hydrogen-bond donors (Lipinski definition) is 2. The standard InChI is InChI=1S/C9H14N4O5S2/c1-4-18-7(15)5(2)13-20(16,17)9-12-11-8(19-9)10-6(3)14/h5,13H,4H2,1-3H3,(H,10,11,14). The summed E-state index contributed by atoms with van der Waals surface area (Å²) in [4.78, 5) is 22.2. The van der Waals surface area contributed by atoms with Crippen molar-refractivity contribution in [2.75, 3.05) is 11.9 Å². The summed E-state index contributed by atoms with van der Waals surface area (Å²) in [7, 11) is -4.00. The molecule has 1 aromatic rings. The highest BCUT2D eigenvalue weighted by molar-refractivity contribution is 7.91. The van der Waals surface area contributed by atoms with E-state index in [2.05, 4.69) is 25.0 Å². The maximum atomic E-state index is 11.9. The molecular formula is C9H14N4O5S2. The van der Waals surface area contributed by atoms with Crippen LogP contribution in [0, 0.1) is 0 Å². The predicted octanol–water partition coefficient (Wildman–Crippen LogP) is -0.274. The molecule has 1 atom stereocenters. The molecule has 0 aliphatic rings. The molecule has 1 heterocycles. The summed E-state index contributed by atoms with van der Waals surface area (Å²) < 4.78 is 30.3. The average Bonchev–Trinajstić information content (AvgIpc) is 2.77. The molecule has 0 saturated carbocycles. The molecule has 0 radical (unpaired) electrons. The Morgan fingerprint density at radius 2 is 2.05 bits per heavy atom. The minimum absolute atomic E-state index is 0.0571. The first kappa shape index (κ1) is 16.5. The van der Waals surface area contributed by atoms with E-state index < -0.39 is 27.9 Å². The molecule has 1 unspecified atom stereocenters. The lowest BCUT2D eigenvalue weighted by atomic mass is 10.4. The number of esters is 1. The Kier molecular flexibility index (Phi) is 5.53. The van der Waals surface area contributed by atoms with Gasteiger partial charge in [-0.1, -0.05) is 11.3 Å². The number of hydrogen-bond acceptors (Lipinski definition) is 8. The van der Waals surface area contributed by atoms with Gasteiger partial charge in [0, 0.05) is 6.92 Å². The quantitative estimate of drug-likeness (QED) is 0.545. The van der Waals surface area contributed by atoms with Gasteiger partial charge in [-0.2, -0.15) is 4.72 Å².